The van der Waals surface area contributed by atoms with Gasteiger partial charge in [0.25, 0.3) is 5.91 Å². The van der Waals surface area contributed by atoms with Gasteiger partial charge in [-0.3, -0.25) is 10.1 Å². The van der Waals surface area contributed by atoms with E-state index in [1.807, 2.05) is 29.6 Å². The number of hydrogen-bond acceptors (Lipinski definition) is 5. The number of halogens is 1. The summed E-state index contributed by atoms with van der Waals surface area (Å²) in [5, 5.41) is 14.7. The van der Waals surface area contributed by atoms with Gasteiger partial charge in [-0.15, -0.1) is 11.3 Å². The van der Waals surface area contributed by atoms with E-state index in [2.05, 4.69) is 26.2 Å². The second kappa shape index (κ2) is 7.46. The molecular weight excluding hydrogens is 392 g/mol. The maximum atomic E-state index is 11.9. The third-order valence-electron chi connectivity index (χ3n) is 3.11. The van der Waals surface area contributed by atoms with Crippen molar-refractivity contribution < 1.29 is 14.6 Å². The Balaban J connectivity index is 1.59. The topological polar surface area (TPSA) is 71.5 Å². The molecule has 0 radical (unpaired) electrons. The first-order valence-electron chi connectivity index (χ1n) is 7.04. The molecule has 0 aliphatic carbocycles. The summed E-state index contributed by atoms with van der Waals surface area (Å²) in [4.78, 5) is 16.3. The molecule has 0 bridgehead atoms. The highest BCUT2D eigenvalue weighted by Crippen LogP contribution is 2.26. The Morgan fingerprint density at radius 2 is 1.96 bits per heavy atom. The summed E-state index contributed by atoms with van der Waals surface area (Å²) >= 11 is 4.73. The van der Waals surface area contributed by atoms with Gasteiger partial charge in [0.05, 0.1) is 5.69 Å². The molecule has 0 atom stereocenters. The molecule has 5 nitrogen and oxygen atoms in total. The van der Waals surface area contributed by atoms with Crippen LogP contribution >= 0.6 is 27.3 Å². The first-order valence-corrected chi connectivity index (χ1v) is 8.71. The van der Waals surface area contributed by atoms with Crippen LogP contribution < -0.4 is 10.1 Å². The smallest absolute Gasteiger partial charge is 0.264 e. The van der Waals surface area contributed by atoms with Gasteiger partial charge >= 0.3 is 0 Å². The van der Waals surface area contributed by atoms with E-state index in [0.29, 0.717) is 5.13 Å². The van der Waals surface area contributed by atoms with E-state index in [1.165, 1.54) is 17.4 Å². The molecule has 1 aromatic heterocycles. The Morgan fingerprint density at radius 3 is 2.71 bits per heavy atom. The molecule has 1 heterocycles. The first kappa shape index (κ1) is 16.5. The predicted octanol–water partition coefficient (Wildman–Crippen LogP) is 4.30. The van der Waals surface area contributed by atoms with E-state index in [0.717, 1.165) is 15.7 Å². The molecule has 24 heavy (non-hydrogen) atoms. The van der Waals surface area contributed by atoms with Crippen LogP contribution in [0.15, 0.2) is 58.4 Å². The third-order valence-corrected chi connectivity index (χ3v) is 4.40. The molecule has 0 fully saturated rings. The number of amides is 1. The van der Waals surface area contributed by atoms with Crippen molar-refractivity contribution in [3.63, 3.8) is 0 Å². The number of para-hydroxylation sites is 2. The highest BCUT2D eigenvalue weighted by molar-refractivity contribution is 9.10. The lowest BCUT2D eigenvalue weighted by Crippen LogP contribution is -2.20. The number of carbonyl (C=O) groups is 1. The van der Waals surface area contributed by atoms with Crippen LogP contribution in [0, 0.1) is 0 Å². The Morgan fingerprint density at radius 1 is 1.21 bits per heavy atom. The quantitative estimate of drug-likeness (QED) is 0.664. The summed E-state index contributed by atoms with van der Waals surface area (Å²) in [5.74, 6) is -0.0747. The van der Waals surface area contributed by atoms with Crippen molar-refractivity contribution in [2.75, 3.05) is 11.9 Å². The maximum absolute atomic E-state index is 11.9. The van der Waals surface area contributed by atoms with Crippen molar-refractivity contribution in [2.24, 2.45) is 0 Å². The largest absolute Gasteiger partial charge is 0.504 e. The molecule has 7 heteroatoms. The van der Waals surface area contributed by atoms with Crippen molar-refractivity contribution >= 4 is 38.3 Å². The molecule has 1 amide bonds. The number of phenolic OH excluding ortho intramolecular Hbond substituents is 1. The van der Waals surface area contributed by atoms with E-state index < -0.39 is 0 Å². The zero-order chi connectivity index (χ0) is 16.9. The zero-order valence-corrected chi connectivity index (χ0v) is 14.8. The Labute approximate surface area is 151 Å². The highest BCUT2D eigenvalue weighted by atomic mass is 79.9. The molecule has 0 unspecified atom stereocenters. The van der Waals surface area contributed by atoms with Gasteiger partial charge in [0, 0.05) is 15.4 Å². The lowest BCUT2D eigenvalue weighted by Gasteiger charge is -2.07. The fourth-order valence-electron chi connectivity index (χ4n) is 1.96. The van der Waals surface area contributed by atoms with Gasteiger partial charge in [-0.1, -0.05) is 40.2 Å². The van der Waals surface area contributed by atoms with Gasteiger partial charge in [0.15, 0.2) is 23.2 Å². The first-order chi connectivity index (χ1) is 11.6. The van der Waals surface area contributed by atoms with Crippen LogP contribution in [0.25, 0.3) is 11.3 Å². The molecular formula is C17H13BrN2O3S. The van der Waals surface area contributed by atoms with E-state index in [4.69, 9.17) is 4.74 Å². The molecule has 122 valence electrons. The number of rotatable bonds is 5. The average Bonchev–Trinajstić information content (AvgIpc) is 3.03. The van der Waals surface area contributed by atoms with Crippen molar-refractivity contribution in [1.82, 2.24) is 4.98 Å². The SMILES string of the molecule is O=C(COc1ccccc1O)Nc1nc(-c2ccc(Br)cc2)cs1. The summed E-state index contributed by atoms with van der Waals surface area (Å²) in [5.41, 5.74) is 1.77. The number of thiazole rings is 1. The summed E-state index contributed by atoms with van der Waals surface area (Å²) in [6, 6.07) is 14.3. The maximum Gasteiger partial charge on any atom is 0.264 e. The second-order valence-electron chi connectivity index (χ2n) is 4.85. The standard InChI is InChI=1S/C17H13BrN2O3S/c18-12-7-5-11(6-8-12)13-10-24-17(19-13)20-16(22)9-23-15-4-2-1-3-14(15)21/h1-8,10,21H,9H2,(H,19,20,22). The van der Waals surface area contributed by atoms with E-state index in [9.17, 15) is 9.90 Å². The summed E-state index contributed by atoms with van der Waals surface area (Å²) < 4.78 is 6.28. The Bertz CT molecular complexity index is 849. The number of benzene rings is 2. The molecule has 0 aliphatic heterocycles. The zero-order valence-electron chi connectivity index (χ0n) is 12.4. The van der Waals surface area contributed by atoms with Gasteiger partial charge in [0.2, 0.25) is 0 Å². The van der Waals surface area contributed by atoms with Gasteiger partial charge in [-0.25, -0.2) is 4.98 Å². The normalized spacial score (nSPS) is 10.4. The summed E-state index contributed by atoms with van der Waals surface area (Å²) in [7, 11) is 0. The molecule has 0 spiro atoms. The highest BCUT2D eigenvalue weighted by Gasteiger charge is 2.10. The third kappa shape index (κ3) is 4.12. The number of phenols is 1. The van der Waals surface area contributed by atoms with Gasteiger partial charge in [-0.2, -0.15) is 0 Å². The number of ether oxygens (including phenoxy) is 1. The number of anilines is 1. The van der Waals surface area contributed by atoms with Crippen LogP contribution in [0.5, 0.6) is 11.5 Å². The Kier molecular flexibility index (Phi) is 5.12. The van der Waals surface area contributed by atoms with Crippen LogP contribution in [-0.4, -0.2) is 22.6 Å². The Hall–Kier alpha value is -2.38. The van der Waals surface area contributed by atoms with Gasteiger partial charge in [0.1, 0.15) is 0 Å². The van der Waals surface area contributed by atoms with Crippen LogP contribution in [0.3, 0.4) is 0 Å². The minimum absolute atomic E-state index is 0.00271. The molecule has 0 aliphatic rings. The molecule has 0 saturated heterocycles. The summed E-state index contributed by atoms with van der Waals surface area (Å²) in [6.07, 6.45) is 0. The van der Waals surface area contributed by atoms with Gasteiger partial charge < -0.3 is 9.84 Å². The lowest BCUT2D eigenvalue weighted by atomic mass is 10.2. The number of hydrogen-bond donors (Lipinski definition) is 2. The van der Waals surface area contributed by atoms with Crippen LogP contribution in [-0.2, 0) is 4.79 Å². The number of carbonyl (C=O) groups excluding carboxylic acids is 1. The van der Waals surface area contributed by atoms with Crippen LogP contribution in [0.2, 0.25) is 0 Å². The number of nitrogens with one attached hydrogen (secondary N) is 1. The molecule has 0 saturated carbocycles. The van der Waals surface area contributed by atoms with Crippen molar-refractivity contribution in [1.29, 1.82) is 0 Å². The lowest BCUT2D eigenvalue weighted by molar-refractivity contribution is -0.118. The number of nitrogens with zero attached hydrogens (tertiary/aromatic N) is 1. The van der Waals surface area contributed by atoms with Crippen LogP contribution in [0.1, 0.15) is 0 Å². The minimum Gasteiger partial charge on any atom is -0.504 e. The van der Waals surface area contributed by atoms with Crippen molar-refractivity contribution in [3.8, 4) is 22.8 Å². The van der Waals surface area contributed by atoms with E-state index >= 15 is 0 Å². The van der Waals surface area contributed by atoms with E-state index in [1.54, 1.807) is 18.2 Å². The fraction of sp³-hybridized carbons (Fsp3) is 0.0588. The molecule has 3 aromatic rings. The summed E-state index contributed by atoms with van der Waals surface area (Å²) in [6.45, 7) is -0.204. The molecule has 2 aromatic carbocycles. The molecule has 3 rings (SSSR count). The minimum atomic E-state index is -0.338. The molecule has 2 N–H and O–H groups in total. The van der Waals surface area contributed by atoms with Gasteiger partial charge in [-0.05, 0) is 24.3 Å². The predicted molar refractivity (Wildman–Crippen MR) is 97.5 cm³/mol. The fourth-order valence-corrected chi connectivity index (χ4v) is 2.96. The monoisotopic (exact) mass is 404 g/mol. The number of aromatic hydroxyl groups is 1. The van der Waals surface area contributed by atoms with E-state index in [-0.39, 0.29) is 24.0 Å². The number of aromatic nitrogens is 1. The van der Waals surface area contributed by atoms with Crippen molar-refractivity contribution in [3.05, 3.63) is 58.4 Å². The second-order valence-corrected chi connectivity index (χ2v) is 6.62. The average molecular weight is 405 g/mol. The van der Waals surface area contributed by atoms with Crippen LogP contribution in [0.4, 0.5) is 5.13 Å². The van der Waals surface area contributed by atoms with Crippen molar-refractivity contribution in [2.45, 2.75) is 0 Å².